The molecule has 0 aliphatic rings. The predicted molar refractivity (Wildman–Crippen MR) is 66.0 cm³/mol. The van der Waals surface area contributed by atoms with Crippen LogP contribution in [0.15, 0.2) is 36.5 Å². The fraction of sp³-hybridized carbons (Fsp3) is 0. The van der Waals surface area contributed by atoms with Gasteiger partial charge in [0.15, 0.2) is 0 Å². The topological polar surface area (TPSA) is 104 Å². The SMILES string of the molecule is O=[N+]([O-])c1ccc2nc3c([N+](=O)[O-])cccn3c2c1. The first-order chi connectivity index (χ1) is 9.08. The van der Waals surface area contributed by atoms with Crippen LogP contribution in [-0.2, 0) is 0 Å². The Morgan fingerprint density at radius 3 is 2.58 bits per heavy atom. The van der Waals surface area contributed by atoms with Crippen molar-refractivity contribution in [1.29, 1.82) is 0 Å². The monoisotopic (exact) mass is 258 g/mol. The number of hydrogen-bond acceptors (Lipinski definition) is 5. The summed E-state index contributed by atoms with van der Waals surface area (Å²) in [4.78, 5) is 24.7. The first-order valence-electron chi connectivity index (χ1n) is 5.27. The van der Waals surface area contributed by atoms with Crippen LogP contribution in [0, 0.1) is 20.2 Å². The second-order valence-electron chi connectivity index (χ2n) is 3.89. The summed E-state index contributed by atoms with van der Waals surface area (Å²) < 4.78 is 1.47. The van der Waals surface area contributed by atoms with E-state index < -0.39 is 9.85 Å². The van der Waals surface area contributed by atoms with E-state index in [1.165, 1.54) is 34.7 Å². The average Bonchev–Trinajstić information content (AvgIpc) is 2.75. The standard InChI is InChI=1S/C11H6N4O4/c16-14(17)7-3-4-8-10(6-7)13-5-1-2-9(15(18)19)11(13)12-8/h1-6H. The molecule has 0 spiro atoms. The lowest BCUT2D eigenvalue weighted by Crippen LogP contribution is -1.93. The summed E-state index contributed by atoms with van der Waals surface area (Å²) in [6, 6.07) is 6.99. The number of hydrogen-bond donors (Lipinski definition) is 0. The Kier molecular flexibility index (Phi) is 2.18. The quantitative estimate of drug-likeness (QED) is 0.518. The average molecular weight is 258 g/mol. The zero-order valence-electron chi connectivity index (χ0n) is 9.39. The van der Waals surface area contributed by atoms with Crippen LogP contribution in [0.4, 0.5) is 11.4 Å². The summed E-state index contributed by atoms with van der Waals surface area (Å²) in [5.74, 6) is 0. The van der Waals surface area contributed by atoms with E-state index in [1.807, 2.05) is 0 Å². The molecule has 19 heavy (non-hydrogen) atoms. The number of imidazole rings is 1. The van der Waals surface area contributed by atoms with Gasteiger partial charge in [-0.15, -0.1) is 0 Å². The molecule has 3 rings (SSSR count). The summed E-state index contributed by atoms with van der Waals surface area (Å²) in [6.45, 7) is 0. The van der Waals surface area contributed by atoms with Crippen LogP contribution in [-0.4, -0.2) is 19.2 Å². The lowest BCUT2D eigenvalue weighted by atomic mass is 10.3. The minimum absolute atomic E-state index is 0.0826. The van der Waals surface area contributed by atoms with E-state index in [1.54, 1.807) is 6.20 Å². The van der Waals surface area contributed by atoms with Crippen LogP contribution in [0.5, 0.6) is 0 Å². The lowest BCUT2D eigenvalue weighted by molar-refractivity contribution is -0.384. The maximum atomic E-state index is 10.9. The highest BCUT2D eigenvalue weighted by atomic mass is 16.6. The van der Waals surface area contributed by atoms with Gasteiger partial charge < -0.3 is 0 Å². The van der Waals surface area contributed by atoms with Crippen LogP contribution < -0.4 is 0 Å². The maximum absolute atomic E-state index is 10.9. The van der Waals surface area contributed by atoms with Crippen LogP contribution in [0.2, 0.25) is 0 Å². The van der Waals surface area contributed by atoms with Crippen molar-refractivity contribution in [1.82, 2.24) is 9.38 Å². The fourth-order valence-electron chi connectivity index (χ4n) is 1.96. The van der Waals surface area contributed by atoms with Gasteiger partial charge in [-0.1, -0.05) is 0 Å². The molecule has 0 aliphatic heterocycles. The Labute approximate surface area is 105 Å². The third kappa shape index (κ3) is 1.58. The molecule has 0 saturated carbocycles. The predicted octanol–water partition coefficient (Wildman–Crippen LogP) is 2.30. The van der Waals surface area contributed by atoms with Gasteiger partial charge in [0.1, 0.15) is 0 Å². The number of aromatic nitrogens is 2. The third-order valence-corrected chi connectivity index (χ3v) is 2.80. The second kappa shape index (κ2) is 3.73. The highest BCUT2D eigenvalue weighted by molar-refractivity contribution is 5.85. The molecule has 0 fully saturated rings. The Morgan fingerprint density at radius 1 is 1.11 bits per heavy atom. The molecule has 0 unspecified atom stereocenters. The van der Waals surface area contributed by atoms with Crippen molar-refractivity contribution < 1.29 is 9.85 Å². The van der Waals surface area contributed by atoms with Crippen molar-refractivity contribution >= 4 is 28.1 Å². The minimum Gasteiger partial charge on any atom is -0.294 e. The van der Waals surface area contributed by atoms with E-state index in [-0.39, 0.29) is 17.0 Å². The summed E-state index contributed by atoms with van der Waals surface area (Å²) >= 11 is 0. The van der Waals surface area contributed by atoms with E-state index in [0.29, 0.717) is 11.0 Å². The number of nitro benzene ring substituents is 1. The summed E-state index contributed by atoms with van der Waals surface area (Å²) in [6.07, 6.45) is 1.58. The number of rotatable bonds is 2. The normalized spacial score (nSPS) is 10.9. The molecule has 1 aromatic carbocycles. The molecule has 2 heterocycles. The highest BCUT2D eigenvalue weighted by Crippen LogP contribution is 2.26. The highest BCUT2D eigenvalue weighted by Gasteiger charge is 2.17. The molecule has 8 nitrogen and oxygen atoms in total. The van der Waals surface area contributed by atoms with E-state index in [2.05, 4.69) is 4.98 Å². The zero-order valence-corrected chi connectivity index (χ0v) is 9.39. The first-order valence-corrected chi connectivity index (χ1v) is 5.27. The van der Waals surface area contributed by atoms with E-state index in [0.717, 1.165) is 0 Å². The van der Waals surface area contributed by atoms with Gasteiger partial charge in [0.2, 0.25) is 5.65 Å². The van der Waals surface area contributed by atoms with Crippen molar-refractivity contribution in [3.63, 3.8) is 0 Å². The molecule has 0 saturated heterocycles. The smallest absolute Gasteiger partial charge is 0.294 e. The molecule has 0 N–H and O–H groups in total. The van der Waals surface area contributed by atoms with Crippen molar-refractivity contribution in [2.45, 2.75) is 0 Å². The Morgan fingerprint density at radius 2 is 1.89 bits per heavy atom. The summed E-state index contributed by atoms with van der Waals surface area (Å²) in [7, 11) is 0. The first kappa shape index (κ1) is 11.1. The van der Waals surface area contributed by atoms with Crippen molar-refractivity contribution in [2.24, 2.45) is 0 Å². The van der Waals surface area contributed by atoms with E-state index in [4.69, 9.17) is 0 Å². The van der Waals surface area contributed by atoms with Gasteiger partial charge in [0, 0.05) is 24.4 Å². The van der Waals surface area contributed by atoms with Crippen LogP contribution in [0.1, 0.15) is 0 Å². The van der Waals surface area contributed by atoms with Crippen molar-refractivity contribution in [3.05, 3.63) is 56.8 Å². The molecule has 0 radical (unpaired) electrons. The molecule has 2 aromatic heterocycles. The Balaban J connectivity index is 2.43. The number of non-ortho nitro benzene ring substituents is 1. The molecule has 94 valence electrons. The number of nitrogens with zero attached hydrogens (tertiary/aromatic N) is 4. The molecular formula is C11H6N4O4. The molecule has 8 heteroatoms. The molecular weight excluding hydrogens is 252 g/mol. The van der Waals surface area contributed by atoms with Gasteiger partial charge in [0.05, 0.1) is 20.9 Å². The van der Waals surface area contributed by atoms with E-state index in [9.17, 15) is 20.2 Å². The number of nitro groups is 2. The number of benzene rings is 1. The largest absolute Gasteiger partial charge is 0.312 e. The van der Waals surface area contributed by atoms with Crippen molar-refractivity contribution in [2.75, 3.05) is 0 Å². The molecule has 3 aromatic rings. The summed E-state index contributed by atoms with van der Waals surface area (Å²) in [5, 5.41) is 21.7. The van der Waals surface area contributed by atoms with Gasteiger partial charge in [-0.2, -0.15) is 0 Å². The van der Waals surface area contributed by atoms with Gasteiger partial charge in [-0.25, -0.2) is 4.98 Å². The van der Waals surface area contributed by atoms with Crippen molar-refractivity contribution in [3.8, 4) is 0 Å². The Bertz CT molecular complexity index is 839. The molecule has 0 atom stereocenters. The number of pyridine rings is 1. The summed E-state index contributed by atoms with van der Waals surface area (Å²) in [5.41, 5.74) is 0.887. The maximum Gasteiger partial charge on any atom is 0.312 e. The van der Waals surface area contributed by atoms with Gasteiger partial charge in [-0.3, -0.25) is 24.6 Å². The minimum atomic E-state index is -0.532. The van der Waals surface area contributed by atoms with E-state index >= 15 is 0 Å². The molecule has 0 amide bonds. The van der Waals surface area contributed by atoms with Gasteiger partial charge in [0.25, 0.3) is 5.69 Å². The van der Waals surface area contributed by atoms with Crippen LogP contribution in [0.25, 0.3) is 16.7 Å². The van der Waals surface area contributed by atoms with Crippen LogP contribution in [0.3, 0.4) is 0 Å². The lowest BCUT2D eigenvalue weighted by Gasteiger charge is -1.96. The zero-order chi connectivity index (χ0) is 13.6. The molecule has 0 aliphatic carbocycles. The van der Waals surface area contributed by atoms with Gasteiger partial charge >= 0.3 is 5.69 Å². The second-order valence-corrected chi connectivity index (χ2v) is 3.89. The third-order valence-electron chi connectivity index (χ3n) is 2.80. The Hall–Kier alpha value is -3.03. The molecule has 0 bridgehead atoms. The van der Waals surface area contributed by atoms with Gasteiger partial charge in [-0.05, 0) is 12.1 Å². The fourth-order valence-corrected chi connectivity index (χ4v) is 1.96. The number of fused-ring (bicyclic) bond motifs is 3. The van der Waals surface area contributed by atoms with Crippen LogP contribution >= 0.6 is 0 Å².